The van der Waals surface area contributed by atoms with Crippen LogP contribution >= 0.6 is 0 Å². The molecule has 2 aromatic carbocycles. The van der Waals surface area contributed by atoms with Gasteiger partial charge < -0.3 is 10.2 Å². The second-order valence-electron chi connectivity index (χ2n) is 6.10. The van der Waals surface area contributed by atoms with E-state index in [9.17, 15) is 13.2 Å². The molecule has 1 N–H and O–H groups in total. The summed E-state index contributed by atoms with van der Waals surface area (Å²) < 4.78 is 23.2. The maximum atomic E-state index is 12.6. The Labute approximate surface area is 142 Å². The summed E-state index contributed by atoms with van der Waals surface area (Å²) in [6.07, 6.45) is 2.02. The van der Waals surface area contributed by atoms with E-state index >= 15 is 0 Å². The van der Waals surface area contributed by atoms with Gasteiger partial charge in [-0.2, -0.15) is 0 Å². The standard InChI is InChI=1S/C18H20N2O3S/c1-13-10-14-6-3-4-9-17(14)20(13)18(21)12-19-15-7-5-8-16(11-15)24(2,22)23/h3-9,11,13,19H,10,12H2,1-2H3/t13-/m1/s1. The maximum Gasteiger partial charge on any atom is 0.246 e. The highest BCUT2D eigenvalue weighted by Gasteiger charge is 2.30. The van der Waals surface area contributed by atoms with Crippen LogP contribution in [0.15, 0.2) is 53.4 Å². The van der Waals surface area contributed by atoms with Gasteiger partial charge in [0.1, 0.15) is 0 Å². The minimum atomic E-state index is -3.26. The molecule has 0 aliphatic carbocycles. The number of anilines is 2. The van der Waals surface area contributed by atoms with Crippen LogP contribution in [0.1, 0.15) is 12.5 Å². The second kappa shape index (κ2) is 6.28. The molecule has 5 nitrogen and oxygen atoms in total. The smallest absolute Gasteiger partial charge is 0.246 e. The average molecular weight is 344 g/mol. The van der Waals surface area contributed by atoms with Crippen molar-refractivity contribution >= 4 is 27.1 Å². The van der Waals surface area contributed by atoms with E-state index in [-0.39, 0.29) is 23.4 Å². The summed E-state index contributed by atoms with van der Waals surface area (Å²) in [4.78, 5) is 14.7. The van der Waals surface area contributed by atoms with Crippen molar-refractivity contribution in [2.45, 2.75) is 24.3 Å². The zero-order valence-corrected chi connectivity index (χ0v) is 14.5. The third kappa shape index (κ3) is 3.28. The number of carbonyl (C=O) groups is 1. The topological polar surface area (TPSA) is 66.5 Å². The van der Waals surface area contributed by atoms with Crippen molar-refractivity contribution in [1.82, 2.24) is 0 Å². The van der Waals surface area contributed by atoms with E-state index in [4.69, 9.17) is 0 Å². The predicted octanol–water partition coefficient (Wildman–Crippen LogP) is 2.48. The summed E-state index contributed by atoms with van der Waals surface area (Å²) in [7, 11) is -3.26. The largest absolute Gasteiger partial charge is 0.376 e. The maximum absolute atomic E-state index is 12.6. The van der Waals surface area contributed by atoms with Gasteiger partial charge in [0.25, 0.3) is 0 Å². The number of carbonyl (C=O) groups excluding carboxylic acids is 1. The fraction of sp³-hybridized carbons (Fsp3) is 0.278. The van der Waals surface area contributed by atoms with Crippen molar-refractivity contribution in [3.63, 3.8) is 0 Å². The van der Waals surface area contributed by atoms with Gasteiger partial charge in [0, 0.05) is 23.7 Å². The van der Waals surface area contributed by atoms with Gasteiger partial charge >= 0.3 is 0 Å². The number of amides is 1. The lowest BCUT2D eigenvalue weighted by atomic mass is 10.1. The second-order valence-corrected chi connectivity index (χ2v) is 8.11. The van der Waals surface area contributed by atoms with Crippen molar-refractivity contribution in [3.05, 3.63) is 54.1 Å². The van der Waals surface area contributed by atoms with Gasteiger partial charge in [-0.25, -0.2) is 8.42 Å². The van der Waals surface area contributed by atoms with Gasteiger partial charge in [-0.1, -0.05) is 24.3 Å². The lowest BCUT2D eigenvalue weighted by molar-refractivity contribution is -0.117. The van der Waals surface area contributed by atoms with Crippen LogP contribution in [0.25, 0.3) is 0 Å². The average Bonchev–Trinajstić information content (AvgIpc) is 2.88. The molecule has 1 heterocycles. The van der Waals surface area contributed by atoms with Crippen LogP contribution in [0.3, 0.4) is 0 Å². The Hall–Kier alpha value is -2.34. The van der Waals surface area contributed by atoms with E-state index in [2.05, 4.69) is 5.32 Å². The van der Waals surface area contributed by atoms with E-state index in [0.717, 1.165) is 12.1 Å². The monoisotopic (exact) mass is 344 g/mol. The first-order valence-corrected chi connectivity index (χ1v) is 9.69. The summed E-state index contributed by atoms with van der Waals surface area (Å²) in [6.45, 7) is 2.15. The third-order valence-corrected chi connectivity index (χ3v) is 5.29. The first-order valence-electron chi connectivity index (χ1n) is 7.80. The molecule has 0 unspecified atom stereocenters. The number of para-hydroxylation sites is 1. The summed E-state index contributed by atoms with van der Waals surface area (Å²) >= 11 is 0. The molecule has 0 bridgehead atoms. The highest BCUT2D eigenvalue weighted by molar-refractivity contribution is 7.90. The number of fused-ring (bicyclic) bond motifs is 1. The zero-order valence-electron chi connectivity index (χ0n) is 13.7. The zero-order chi connectivity index (χ0) is 17.3. The van der Waals surface area contributed by atoms with Gasteiger partial charge in [0.15, 0.2) is 9.84 Å². The number of hydrogen-bond acceptors (Lipinski definition) is 4. The lowest BCUT2D eigenvalue weighted by Crippen LogP contribution is -2.39. The van der Waals surface area contributed by atoms with Crippen LogP contribution in [-0.4, -0.2) is 33.2 Å². The molecule has 0 fully saturated rings. The molecule has 0 saturated heterocycles. The van der Waals surface area contributed by atoms with Gasteiger partial charge in [0.2, 0.25) is 5.91 Å². The molecule has 0 radical (unpaired) electrons. The van der Waals surface area contributed by atoms with E-state index in [1.807, 2.05) is 36.1 Å². The van der Waals surface area contributed by atoms with Crippen molar-refractivity contribution in [3.8, 4) is 0 Å². The number of sulfone groups is 1. The predicted molar refractivity (Wildman–Crippen MR) is 95.1 cm³/mol. The minimum Gasteiger partial charge on any atom is -0.376 e. The van der Waals surface area contributed by atoms with Crippen molar-refractivity contribution in [2.75, 3.05) is 23.0 Å². The normalized spacial score (nSPS) is 16.8. The van der Waals surface area contributed by atoms with Crippen molar-refractivity contribution in [2.24, 2.45) is 0 Å². The first-order chi connectivity index (χ1) is 11.4. The minimum absolute atomic E-state index is 0.0304. The van der Waals surface area contributed by atoms with Crippen molar-refractivity contribution < 1.29 is 13.2 Å². The summed E-state index contributed by atoms with van der Waals surface area (Å²) in [6, 6.07) is 14.5. The number of hydrogen-bond donors (Lipinski definition) is 1. The van der Waals surface area contributed by atoms with Gasteiger partial charge in [-0.15, -0.1) is 0 Å². The summed E-state index contributed by atoms with van der Waals surface area (Å²) in [5.74, 6) is -0.0304. The number of nitrogens with one attached hydrogen (secondary N) is 1. The molecule has 126 valence electrons. The molecule has 1 aliphatic rings. The fourth-order valence-electron chi connectivity index (χ4n) is 3.05. The molecule has 24 heavy (non-hydrogen) atoms. The molecule has 0 spiro atoms. The van der Waals surface area contributed by atoms with Crippen LogP contribution in [-0.2, 0) is 21.1 Å². The lowest BCUT2D eigenvalue weighted by Gasteiger charge is -2.23. The molecule has 0 saturated carbocycles. The molecule has 1 aliphatic heterocycles. The molecular weight excluding hydrogens is 324 g/mol. The van der Waals surface area contributed by atoms with Gasteiger partial charge in [-0.3, -0.25) is 4.79 Å². The first kappa shape index (κ1) is 16.5. The molecule has 1 atom stereocenters. The number of benzene rings is 2. The molecule has 3 rings (SSSR count). The van der Waals surface area contributed by atoms with E-state index in [1.54, 1.807) is 24.3 Å². The summed E-state index contributed by atoms with van der Waals surface area (Å²) in [5.41, 5.74) is 2.76. The Morgan fingerprint density at radius 2 is 1.96 bits per heavy atom. The van der Waals surface area contributed by atoms with Crippen LogP contribution in [0, 0.1) is 0 Å². The Morgan fingerprint density at radius 1 is 1.21 bits per heavy atom. The molecule has 2 aromatic rings. The van der Waals surface area contributed by atoms with Crippen LogP contribution in [0.2, 0.25) is 0 Å². The van der Waals surface area contributed by atoms with Crippen LogP contribution in [0.4, 0.5) is 11.4 Å². The molecule has 0 aromatic heterocycles. The third-order valence-electron chi connectivity index (χ3n) is 4.18. The van der Waals surface area contributed by atoms with Gasteiger partial charge in [-0.05, 0) is 43.2 Å². The Bertz CT molecular complexity index is 877. The van der Waals surface area contributed by atoms with E-state index < -0.39 is 9.84 Å². The van der Waals surface area contributed by atoms with Crippen LogP contribution < -0.4 is 10.2 Å². The Morgan fingerprint density at radius 3 is 2.71 bits per heavy atom. The fourth-order valence-corrected chi connectivity index (χ4v) is 3.71. The van der Waals surface area contributed by atoms with E-state index in [1.165, 1.54) is 11.8 Å². The summed E-state index contributed by atoms with van der Waals surface area (Å²) in [5, 5.41) is 3.03. The number of nitrogens with zero attached hydrogens (tertiary/aromatic N) is 1. The SMILES string of the molecule is C[C@@H]1Cc2ccccc2N1C(=O)CNc1cccc(S(C)(=O)=O)c1. The Kier molecular flexibility index (Phi) is 4.32. The molecular formula is C18H20N2O3S. The van der Waals surface area contributed by atoms with Crippen LogP contribution in [0.5, 0.6) is 0 Å². The highest BCUT2D eigenvalue weighted by atomic mass is 32.2. The Balaban J connectivity index is 1.73. The quantitative estimate of drug-likeness (QED) is 0.925. The van der Waals surface area contributed by atoms with Gasteiger partial charge in [0.05, 0.1) is 11.4 Å². The number of rotatable bonds is 4. The molecule has 6 heteroatoms. The van der Waals surface area contributed by atoms with E-state index in [0.29, 0.717) is 5.69 Å². The highest BCUT2D eigenvalue weighted by Crippen LogP contribution is 2.31. The van der Waals surface area contributed by atoms with Crippen molar-refractivity contribution in [1.29, 1.82) is 0 Å². The molecule has 1 amide bonds.